The van der Waals surface area contributed by atoms with Gasteiger partial charge in [0.05, 0.1) is 6.04 Å². The van der Waals surface area contributed by atoms with Gasteiger partial charge >= 0.3 is 0 Å². The van der Waals surface area contributed by atoms with Crippen molar-refractivity contribution in [2.24, 2.45) is 5.92 Å². The highest BCUT2D eigenvalue weighted by atomic mass is 32.1. The van der Waals surface area contributed by atoms with Gasteiger partial charge in [-0.15, -0.1) is 11.3 Å². The fraction of sp³-hybridized carbons (Fsp3) is 0.600. The molecule has 2 amide bonds. The summed E-state index contributed by atoms with van der Waals surface area (Å²) in [4.78, 5) is 28.1. The molecule has 2 heterocycles. The van der Waals surface area contributed by atoms with E-state index in [4.69, 9.17) is 0 Å². The van der Waals surface area contributed by atoms with E-state index < -0.39 is 11.6 Å². The lowest BCUT2D eigenvalue weighted by Crippen LogP contribution is -2.69. The lowest BCUT2D eigenvalue weighted by Gasteiger charge is -2.46. The van der Waals surface area contributed by atoms with Crippen LogP contribution < -0.4 is 5.32 Å². The maximum absolute atomic E-state index is 12.9. The molecule has 2 fully saturated rings. The zero-order valence-corrected chi connectivity index (χ0v) is 12.9. The van der Waals surface area contributed by atoms with Gasteiger partial charge in [-0.05, 0) is 51.0 Å². The summed E-state index contributed by atoms with van der Waals surface area (Å²) in [5.74, 6) is 0.319. The van der Waals surface area contributed by atoms with Crippen LogP contribution in [-0.4, -0.2) is 28.3 Å². The molecule has 2 aliphatic rings. The van der Waals surface area contributed by atoms with Gasteiger partial charge < -0.3 is 10.2 Å². The minimum absolute atomic E-state index is 0.0394. The second kappa shape index (κ2) is 4.58. The number of hydrogen-bond donors (Lipinski definition) is 1. The van der Waals surface area contributed by atoms with Gasteiger partial charge in [0.25, 0.3) is 0 Å². The number of rotatable bonds is 3. The molecule has 1 aromatic heterocycles. The average Bonchev–Trinajstić information content (AvgIpc) is 3.13. The van der Waals surface area contributed by atoms with E-state index in [2.05, 4.69) is 5.32 Å². The highest BCUT2D eigenvalue weighted by molar-refractivity contribution is 7.10. The number of amides is 2. The van der Waals surface area contributed by atoms with E-state index in [1.165, 1.54) is 0 Å². The van der Waals surface area contributed by atoms with Gasteiger partial charge in [0.2, 0.25) is 11.8 Å². The van der Waals surface area contributed by atoms with Crippen molar-refractivity contribution >= 4 is 23.2 Å². The number of nitrogens with one attached hydrogen (secondary N) is 1. The van der Waals surface area contributed by atoms with Crippen LogP contribution in [0.4, 0.5) is 0 Å². The maximum Gasteiger partial charge on any atom is 0.249 e. The van der Waals surface area contributed by atoms with E-state index >= 15 is 0 Å². The first-order valence-electron chi connectivity index (χ1n) is 7.13. The zero-order chi connectivity index (χ0) is 14.5. The Morgan fingerprint density at radius 3 is 2.70 bits per heavy atom. The molecule has 1 aliphatic heterocycles. The standard InChI is InChI=1S/C15H20N2O2S/c1-9(12-5-4-8-20-12)17-10(2)13(18)16-15(3,14(17)19)11-6-7-11/h4-5,8-11H,6-7H2,1-3H3,(H,16,18). The quantitative estimate of drug-likeness (QED) is 0.929. The normalized spacial score (nSPS) is 32.1. The molecule has 3 rings (SSSR count). The molecule has 1 aromatic rings. The highest BCUT2D eigenvalue weighted by Crippen LogP contribution is 2.43. The Morgan fingerprint density at radius 1 is 1.45 bits per heavy atom. The van der Waals surface area contributed by atoms with Gasteiger partial charge in [-0.1, -0.05) is 6.07 Å². The molecule has 20 heavy (non-hydrogen) atoms. The first-order valence-corrected chi connectivity index (χ1v) is 8.01. The van der Waals surface area contributed by atoms with Crippen molar-refractivity contribution in [1.82, 2.24) is 10.2 Å². The van der Waals surface area contributed by atoms with Crippen LogP contribution in [0.5, 0.6) is 0 Å². The van der Waals surface area contributed by atoms with Crippen LogP contribution in [0, 0.1) is 5.92 Å². The maximum atomic E-state index is 12.9. The smallest absolute Gasteiger partial charge is 0.249 e. The number of carbonyl (C=O) groups is 2. The van der Waals surface area contributed by atoms with Crippen LogP contribution in [-0.2, 0) is 9.59 Å². The predicted octanol–water partition coefficient (Wildman–Crippen LogP) is 2.32. The van der Waals surface area contributed by atoms with Gasteiger partial charge in [0.1, 0.15) is 11.6 Å². The average molecular weight is 292 g/mol. The van der Waals surface area contributed by atoms with E-state index in [0.717, 1.165) is 17.7 Å². The van der Waals surface area contributed by atoms with E-state index in [-0.39, 0.29) is 17.9 Å². The van der Waals surface area contributed by atoms with Crippen LogP contribution in [0.15, 0.2) is 17.5 Å². The lowest BCUT2D eigenvalue weighted by atomic mass is 9.88. The zero-order valence-electron chi connectivity index (χ0n) is 12.1. The Labute approximate surface area is 123 Å². The molecule has 4 nitrogen and oxygen atoms in total. The van der Waals surface area contributed by atoms with Crippen LogP contribution in [0.25, 0.3) is 0 Å². The molecule has 108 valence electrons. The third-order valence-corrected chi connectivity index (χ3v) is 5.67. The Morgan fingerprint density at radius 2 is 2.15 bits per heavy atom. The van der Waals surface area contributed by atoms with Crippen molar-refractivity contribution in [3.8, 4) is 0 Å². The topological polar surface area (TPSA) is 49.4 Å². The number of thiophene rings is 1. The van der Waals surface area contributed by atoms with E-state index in [1.807, 2.05) is 38.3 Å². The second-order valence-corrected chi connectivity index (χ2v) is 7.02. The van der Waals surface area contributed by atoms with Crippen molar-refractivity contribution in [1.29, 1.82) is 0 Å². The van der Waals surface area contributed by atoms with E-state index in [9.17, 15) is 9.59 Å². The monoisotopic (exact) mass is 292 g/mol. The molecule has 3 atom stereocenters. The van der Waals surface area contributed by atoms with Gasteiger partial charge in [-0.3, -0.25) is 9.59 Å². The molecule has 1 saturated carbocycles. The van der Waals surface area contributed by atoms with Crippen molar-refractivity contribution in [2.75, 3.05) is 0 Å². The van der Waals surface area contributed by atoms with Gasteiger partial charge in [0.15, 0.2) is 0 Å². The van der Waals surface area contributed by atoms with Crippen LogP contribution in [0.1, 0.15) is 44.5 Å². The SMILES string of the molecule is CC1C(=O)NC(C)(C2CC2)C(=O)N1C(C)c1cccs1. The molecule has 1 aliphatic carbocycles. The van der Waals surface area contributed by atoms with E-state index in [1.54, 1.807) is 16.2 Å². The first kappa shape index (κ1) is 13.6. The fourth-order valence-electron chi connectivity index (χ4n) is 3.10. The molecule has 0 spiro atoms. The molecule has 0 bridgehead atoms. The number of piperazine rings is 1. The molecule has 0 radical (unpaired) electrons. The fourth-order valence-corrected chi connectivity index (χ4v) is 3.88. The third-order valence-electron chi connectivity index (χ3n) is 4.62. The Balaban J connectivity index is 1.94. The summed E-state index contributed by atoms with van der Waals surface area (Å²) in [6.07, 6.45) is 2.05. The third kappa shape index (κ3) is 1.95. The number of nitrogens with zero attached hydrogens (tertiary/aromatic N) is 1. The summed E-state index contributed by atoms with van der Waals surface area (Å²) in [5, 5.41) is 4.96. The largest absolute Gasteiger partial charge is 0.340 e. The molecule has 3 unspecified atom stereocenters. The predicted molar refractivity (Wildman–Crippen MR) is 78.3 cm³/mol. The summed E-state index contributed by atoms with van der Waals surface area (Å²) in [6.45, 7) is 5.70. The molecule has 1 N–H and O–H groups in total. The van der Waals surface area contributed by atoms with E-state index in [0.29, 0.717) is 5.92 Å². The van der Waals surface area contributed by atoms with Crippen LogP contribution >= 0.6 is 11.3 Å². The minimum Gasteiger partial charge on any atom is -0.340 e. The van der Waals surface area contributed by atoms with Crippen molar-refractivity contribution in [3.05, 3.63) is 22.4 Å². The Hall–Kier alpha value is -1.36. The molecule has 1 saturated heterocycles. The Kier molecular flexibility index (Phi) is 3.12. The van der Waals surface area contributed by atoms with Crippen molar-refractivity contribution < 1.29 is 9.59 Å². The molecule has 0 aromatic carbocycles. The van der Waals surface area contributed by atoms with Crippen LogP contribution in [0.2, 0.25) is 0 Å². The number of hydrogen-bond acceptors (Lipinski definition) is 3. The second-order valence-electron chi connectivity index (χ2n) is 6.05. The minimum atomic E-state index is -0.713. The number of carbonyl (C=O) groups excluding carboxylic acids is 2. The molecular formula is C15H20N2O2S. The first-order chi connectivity index (χ1) is 9.45. The summed E-state index contributed by atoms with van der Waals surface area (Å²) in [7, 11) is 0. The lowest BCUT2D eigenvalue weighted by molar-refractivity contribution is -0.157. The summed E-state index contributed by atoms with van der Waals surface area (Å²) in [6, 6.07) is 3.54. The Bertz CT molecular complexity index is 538. The molecule has 5 heteroatoms. The van der Waals surface area contributed by atoms with Crippen LogP contribution in [0.3, 0.4) is 0 Å². The van der Waals surface area contributed by atoms with Gasteiger partial charge in [0, 0.05) is 4.88 Å². The summed E-state index contributed by atoms with van der Waals surface area (Å²) >= 11 is 1.63. The van der Waals surface area contributed by atoms with Gasteiger partial charge in [-0.25, -0.2) is 0 Å². The van der Waals surface area contributed by atoms with Crippen molar-refractivity contribution in [2.45, 2.75) is 51.2 Å². The summed E-state index contributed by atoms with van der Waals surface area (Å²) < 4.78 is 0. The molecular weight excluding hydrogens is 272 g/mol. The van der Waals surface area contributed by atoms with Gasteiger partial charge in [-0.2, -0.15) is 0 Å². The summed E-state index contributed by atoms with van der Waals surface area (Å²) in [5.41, 5.74) is -0.713. The van der Waals surface area contributed by atoms with Crippen molar-refractivity contribution in [3.63, 3.8) is 0 Å². The highest BCUT2D eigenvalue weighted by Gasteiger charge is 2.55.